The van der Waals surface area contributed by atoms with E-state index in [-0.39, 0.29) is 16.9 Å². The van der Waals surface area contributed by atoms with Gasteiger partial charge in [0.05, 0.1) is 6.10 Å². The molecular formula is C23H44O3. The van der Waals surface area contributed by atoms with Gasteiger partial charge in [-0.1, -0.05) is 67.0 Å². The fraction of sp³-hybridized carbons (Fsp3) is 0.870. The molecule has 0 radical (unpaired) electrons. The van der Waals surface area contributed by atoms with Crippen molar-refractivity contribution in [3.05, 3.63) is 12.2 Å². The molecule has 0 saturated carbocycles. The Morgan fingerprint density at radius 1 is 0.885 bits per heavy atom. The van der Waals surface area contributed by atoms with Crippen LogP contribution in [0.1, 0.15) is 102 Å². The second-order valence-electron chi connectivity index (χ2n) is 10.5. The van der Waals surface area contributed by atoms with Gasteiger partial charge in [0.15, 0.2) is 0 Å². The molecule has 0 aliphatic rings. The van der Waals surface area contributed by atoms with Crippen LogP contribution in [0.15, 0.2) is 12.2 Å². The third kappa shape index (κ3) is 10.2. The lowest BCUT2D eigenvalue weighted by atomic mass is 9.71. The zero-order valence-corrected chi connectivity index (χ0v) is 19.3. The van der Waals surface area contributed by atoms with Crippen LogP contribution in [0.5, 0.6) is 0 Å². The molecule has 0 rings (SSSR count). The highest BCUT2D eigenvalue weighted by atomic mass is 16.7. The maximum absolute atomic E-state index is 11.9. The van der Waals surface area contributed by atoms with Crippen molar-refractivity contribution in [1.29, 1.82) is 0 Å². The molecule has 0 aromatic carbocycles. The molecule has 26 heavy (non-hydrogen) atoms. The minimum Gasteiger partial charge on any atom is -0.432 e. The summed E-state index contributed by atoms with van der Waals surface area (Å²) in [7, 11) is 0. The maximum atomic E-state index is 11.9. The lowest BCUT2D eigenvalue weighted by molar-refractivity contribution is -0.0432. The summed E-state index contributed by atoms with van der Waals surface area (Å²) in [5, 5.41) is 0. The van der Waals surface area contributed by atoms with E-state index >= 15 is 0 Å². The zero-order chi connectivity index (χ0) is 20.8. The van der Waals surface area contributed by atoms with Crippen molar-refractivity contribution in [1.82, 2.24) is 0 Å². The van der Waals surface area contributed by atoms with Crippen LogP contribution in [0.25, 0.3) is 0 Å². The smallest absolute Gasteiger partial charge is 0.432 e. The molecule has 3 nitrogen and oxygen atoms in total. The van der Waals surface area contributed by atoms with Crippen molar-refractivity contribution in [2.75, 3.05) is 0 Å². The Balaban J connectivity index is 5.13. The number of hydrogen-bond acceptors (Lipinski definition) is 3. The largest absolute Gasteiger partial charge is 0.509 e. The third-order valence-corrected chi connectivity index (χ3v) is 5.16. The average Bonchev–Trinajstić information content (AvgIpc) is 2.42. The number of hydrogen-bond donors (Lipinski definition) is 0. The van der Waals surface area contributed by atoms with Gasteiger partial charge >= 0.3 is 6.16 Å². The van der Waals surface area contributed by atoms with Crippen LogP contribution in [0.4, 0.5) is 4.79 Å². The summed E-state index contributed by atoms with van der Waals surface area (Å²) >= 11 is 0. The van der Waals surface area contributed by atoms with Gasteiger partial charge in [-0.05, 0) is 63.2 Å². The first-order valence-corrected chi connectivity index (χ1v) is 10.2. The Morgan fingerprint density at radius 2 is 1.42 bits per heavy atom. The molecule has 1 unspecified atom stereocenters. The molecule has 0 spiro atoms. The van der Waals surface area contributed by atoms with Gasteiger partial charge in [-0.3, -0.25) is 0 Å². The van der Waals surface area contributed by atoms with Crippen molar-refractivity contribution < 1.29 is 14.3 Å². The average molecular weight is 369 g/mol. The van der Waals surface area contributed by atoms with Crippen LogP contribution in [0.2, 0.25) is 0 Å². The molecule has 0 aromatic rings. The molecule has 0 aliphatic carbocycles. The van der Waals surface area contributed by atoms with Crippen LogP contribution in [0, 0.1) is 16.2 Å². The molecule has 0 saturated heterocycles. The summed E-state index contributed by atoms with van der Waals surface area (Å²) in [5.74, 6) is 0. The number of allylic oxidation sites excluding steroid dienone is 2. The molecule has 0 N–H and O–H groups in total. The van der Waals surface area contributed by atoms with Crippen LogP contribution >= 0.6 is 0 Å². The molecular weight excluding hydrogens is 324 g/mol. The summed E-state index contributed by atoms with van der Waals surface area (Å²) < 4.78 is 10.7. The van der Waals surface area contributed by atoms with Crippen LogP contribution in [-0.4, -0.2) is 17.9 Å². The molecule has 1 atom stereocenters. The highest BCUT2D eigenvalue weighted by molar-refractivity contribution is 5.60. The SMILES string of the molecule is CCC(C)(C)CC(C)(C)/C=C\C(C)(CC)CC(C)(C)OC(=O)OC(C)C. The van der Waals surface area contributed by atoms with E-state index in [4.69, 9.17) is 9.47 Å². The monoisotopic (exact) mass is 368 g/mol. The molecule has 0 aliphatic heterocycles. The molecule has 0 bridgehead atoms. The highest BCUT2D eigenvalue weighted by Crippen LogP contribution is 2.40. The van der Waals surface area contributed by atoms with Gasteiger partial charge in [0.1, 0.15) is 5.60 Å². The minimum atomic E-state index is -0.586. The van der Waals surface area contributed by atoms with Gasteiger partial charge in [0.2, 0.25) is 0 Å². The first kappa shape index (κ1) is 25.0. The normalized spacial score (nSPS) is 16.0. The lowest BCUT2D eigenvalue weighted by Crippen LogP contribution is -2.35. The third-order valence-electron chi connectivity index (χ3n) is 5.16. The Labute approximate surface area is 162 Å². The van der Waals surface area contributed by atoms with Gasteiger partial charge in [0, 0.05) is 0 Å². The molecule has 0 amide bonds. The van der Waals surface area contributed by atoms with E-state index in [9.17, 15) is 4.79 Å². The summed E-state index contributed by atoms with van der Waals surface area (Å²) in [6.45, 7) is 23.5. The minimum absolute atomic E-state index is 0.0325. The lowest BCUT2D eigenvalue weighted by Gasteiger charge is -2.36. The van der Waals surface area contributed by atoms with Crippen LogP contribution in [-0.2, 0) is 9.47 Å². The summed E-state index contributed by atoms with van der Waals surface area (Å²) in [5.41, 5.74) is -0.139. The summed E-state index contributed by atoms with van der Waals surface area (Å²) in [4.78, 5) is 11.9. The van der Waals surface area contributed by atoms with E-state index in [1.165, 1.54) is 6.42 Å². The van der Waals surface area contributed by atoms with Gasteiger partial charge in [-0.2, -0.15) is 0 Å². The summed E-state index contributed by atoms with van der Waals surface area (Å²) in [6.07, 6.45) is 8.00. The first-order chi connectivity index (χ1) is 11.6. The Morgan fingerprint density at radius 3 is 1.85 bits per heavy atom. The van der Waals surface area contributed by atoms with E-state index < -0.39 is 11.8 Å². The van der Waals surface area contributed by atoms with E-state index in [0.29, 0.717) is 5.41 Å². The summed E-state index contributed by atoms with van der Waals surface area (Å²) in [6, 6.07) is 0. The molecule has 3 heteroatoms. The van der Waals surface area contributed by atoms with Crippen molar-refractivity contribution in [2.45, 2.75) is 114 Å². The molecule has 0 fully saturated rings. The Hall–Kier alpha value is -0.990. The van der Waals surface area contributed by atoms with Crippen molar-refractivity contribution >= 4 is 6.16 Å². The van der Waals surface area contributed by atoms with Crippen LogP contribution < -0.4 is 0 Å². The fourth-order valence-electron chi connectivity index (χ4n) is 3.60. The van der Waals surface area contributed by atoms with E-state index in [1.807, 2.05) is 27.7 Å². The maximum Gasteiger partial charge on any atom is 0.509 e. The number of ether oxygens (including phenoxy) is 2. The van der Waals surface area contributed by atoms with Gasteiger partial charge in [0.25, 0.3) is 0 Å². The zero-order valence-electron chi connectivity index (χ0n) is 19.3. The second kappa shape index (κ2) is 9.28. The Kier molecular flexibility index (Phi) is 8.93. The fourth-order valence-corrected chi connectivity index (χ4v) is 3.60. The van der Waals surface area contributed by atoms with Crippen molar-refractivity contribution in [2.24, 2.45) is 16.2 Å². The molecule has 154 valence electrons. The van der Waals surface area contributed by atoms with Gasteiger partial charge < -0.3 is 9.47 Å². The predicted octanol–water partition coefficient (Wildman–Crippen LogP) is 7.54. The van der Waals surface area contributed by atoms with E-state index in [2.05, 4.69) is 60.6 Å². The van der Waals surface area contributed by atoms with E-state index in [1.54, 1.807) is 0 Å². The Bertz CT molecular complexity index is 472. The first-order valence-electron chi connectivity index (χ1n) is 10.2. The number of carbonyl (C=O) groups excluding carboxylic acids is 1. The van der Waals surface area contributed by atoms with Crippen LogP contribution in [0.3, 0.4) is 0 Å². The van der Waals surface area contributed by atoms with E-state index in [0.717, 1.165) is 19.3 Å². The second-order valence-corrected chi connectivity index (χ2v) is 10.5. The number of rotatable bonds is 10. The quantitative estimate of drug-likeness (QED) is 0.295. The highest BCUT2D eigenvalue weighted by Gasteiger charge is 2.34. The molecule has 0 aromatic heterocycles. The van der Waals surface area contributed by atoms with Gasteiger partial charge in [-0.15, -0.1) is 0 Å². The van der Waals surface area contributed by atoms with Crippen molar-refractivity contribution in [3.8, 4) is 0 Å². The molecule has 0 heterocycles. The van der Waals surface area contributed by atoms with Crippen molar-refractivity contribution in [3.63, 3.8) is 0 Å². The standard InChI is InChI=1S/C23H44O3/c1-12-20(5,6)16-21(7,8)14-15-23(11,13-2)17-22(9,10)26-19(24)25-18(3)4/h14-15,18H,12-13,16-17H2,1-11H3/b15-14-. The number of carbonyl (C=O) groups is 1. The van der Waals surface area contributed by atoms with Gasteiger partial charge in [-0.25, -0.2) is 4.79 Å². The topological polar surface area (TPSA) is 35.5 Å². The predicted molar refractivity (Wildman–Crippen MR) is 111 cm³/mol.